The molecule has 158 valence electrons. The number of rotatable bonds is 14. The molecule has 2 atom stereocenters. The molecule has 0 fully saturated rings. The predicted octanol–water partition coefficient (Wildman–Crippen LogP) is 1.50. The molecule has 12 heteroatoms. The van der Waals surface area contributed by atoms with Crippen LogP contribution in [0.4, 0.5) is 0 Å². The summed E-state index contributed by atoms with van der Waals surface area (Å²) in [6, 6.07) is 6.21. The molecular formula is C16H26N2O8P2. The number of carbonyl (C=O) groups excluding carboxylic acids is 2. The summed E-state index contributed by atoms with van der Waals surface area (Å²) in [7, 11) is -5.80. The third-order valence-corrected chi connectivity index (χ3v) is 4.48. The van der Waals surface area contributed by atoms with E-state index in [9.17, 15) is 18.7 Å². The van der Waals surface area contributed by atoms with Crippen LogP contribution in [0.2, 0.25) is 0 Å². The molecule has 2 amide bonds. The Morgan fingerprint density at radius 2 is 1.11 bits per heavy atom. The molecule has 28 heavy (non-hydrogen) atoms. The van der Waals surface area contributed by atoms with Crippen LogP contribution >= 0.6 is 16.5 Å². The fraction of sp³-hybridized carbons (Fsp3) is 0.500. The summed E-state index contributed by atoms with van der Waals surface area (Å²) >= 11 is 0. The van der Waals surface area contributed by atoms with Gasteiger partial charge in [0.2, 0.25) is 0 Å². The number of unbranched alkanes of at least 4 members (excludes halogenated alkanes) is 2. The molecule has 10 nitrogen and oxygen atoms in total. The number of hydrogen-bond acceptors (Lipinski definition) is 6. The molecule has 0 bridgehead atoms. The van der Waals surface area contributed by atoms with E-state index in [4.69, 9.17) is 9.79 Å². The Kier molecular flexibility index (Phi) is 12.6. The second kappa shape index (κ2) is 14.5. The summed E-state index contributed by atoms with van der Waals surface area (Å²) in [6.45, 7) is 1.16. The molecule has 0 heterocycles. The molecular weight excluding hydrogens is 410 g/mol. The topological polar surface area (TPSA) is 151 Å². The van der Waals surface area contributed by atoms with Crippen LogP contribution < -0.4 is 10.6 Å². The van der Waals surface area contributed by atoms with Crippen LogP contribution in [-0.4, -0.2) is 47.9 Å². The van der Waals surface area contributed by atoms with Gasteiger partial charge in [0.15, 0.2) is 0 Å². The Hall–Kier alpha value is -1.54. The molecule has 1 rings (SSSR count). The molecule has 0 aliphatic rings. The fourth-order valence-corrected chi connectivity index (χ4v) is 2.79. The van der Waals surface area contributed by atoms with Gasteiger partial charge in [0.25, 0.3) is 11.8 Å². The molecule has 0 aromatic heterocycles. The highest BCUT2D eigenvalue weighted by atomic mass is 31.1. The number of hydrogen-bond donors (Lipinski definition) is 4. The zero-order valence-corrected chi connectivity index (χ0v) is 17.3. The van der Waals surface area contributed by atoms with Crippen molar-refractivity contribution in [2.45, 2.75) is 25.7 Å². The van der Waals surface area contributed by atoms with Gasteiger partial charge in [-0.05, 0) is 49.9 Å². The zero-order valence-electron chi connectivity index (χ0n) is 15.3. The highest BCUT2D eigenvalue weighted by molar-refractivity contribution is 7.32. The molecule has 0 aliphatic carbocycles. The molecule has 4 N–H and O–H groups in total. The van der Waals surface area contributed by atoms with E-state index < -0.39 is 16.5 Å². The standard InChI is InChI=1S/C16H26N2O8P2/c19-15(17-9-1-3-11-25-27(21)22)13-5-7-14(8-6-13)16(20)18-10-2-4-12-26-28(23)24/h5-8,27-28H,1-4,9-12H2,(H,17,19)(H,18,20)(H,21,22)(H,23,24). The summed E-state index contributed by atoms with van der Waals surface area (Å²) in [4.78, 5) is 41.0. The largest absolute Gasteiger partial charge is 0.352 e. The molecule has 1 aromatic rings. The Balaban J connectivity index is 2.25. The van der Waals surface area contributed by atoms with Gasteiger partial charge < -0.3 is 29.5 Å². The highest BCUT2D eigenvalue weighted by Crippen LogP contribution is 2.15. The monoisotopic (exact) mass is 436 g/mol. The average molecular weight is 436 g/mol. The van der Waals surface area contributed by atoms with Crippen molar-refractivity contribution in [1.82, 2.24) is 10.6 Å². The molecule has 0 radical (unpaired) electrons. The van der Waals surface area contributed by atoms with Crippen LogP contribution in [0.1, 0.15) is 46.4 Å². The number of amides is 2. The Bertz CT molecular complexity index is 612. The lowest BCUT2D eigenvalue weighted by Crippen LogP contribution is -2.26. The van der Waals surface area contributed by atoms with Crippen molar-refractivity contribution < 1.29 is 37.6 Å². The van der Waals surface area contributed by atoms with E-state index in [1.54, 1.807) is 24.3 Å². The number of carbonyl (C=O) groups is 2. The van der Waals surface area contributed by atoms with Crippen molar-refractivity contribution in [2.24, 2.45) is 0 Å². The Labute approximate surface area is 164 Å². The van der Waals surface area contributed by atoms with Gasteiger partial charge in [0.1, 0.15) is 0 Å². The number of nitrogens with one attached hydrogen (secondary N) is 2. The van der Waals surface area contributed by atoms with Crippen LogP contribution in [-0.2, 0) is 18.2 Å². The third-order valence-electron chi connectivity index (χ3n) is 3.57. The smallest absolute Gasteiger partial charge is 0.316 e. The zero-order chi connectivity index (χ0) is 20.8. The number of benzene rings is 1. The molecule has 0 aliphatic heterocycles. The van der Waals surface area contributed by atoms with Gasteiger partial charge in [0.05, 0.1) is 13.2 Å². The molecule has 0 saturated heterocycles. The Morgan fingerprint density at radius 1 is 0.750 bits per heavy atom. The van der Waals surface area contributed by atoms with Gasteiger partial charge in [0, 0.05) is 24.2 Å². The maximum atomic E-state index is 12.0. The minimum Gasteiger partial charge on any atom is -0.352 e. The lowest BCUT2D eigenvalue weighted by molar-refractivity contribution is 0.0940. The highest BCUT2D eigenvalue weighted by Gasteiger charge is 2.08. The van der Waals surface area contributed by atoms with Crippen LogP contribution in [0.3, 0.4) is 0 Å². The van der Waals surface area contributed by atoms with Gasteiger partial charge in [-0.25, -0.2) is 0 Å². The van der Waals surface area contributed by atoms with Gasteiger partial charge in [-0.1, -0.05) is 0 Å². The van der Waals surface area contributed by atoms with E-state index >= 15 is 0 Å². The lowest BCUT2D eigenvalue weighted by Gasteiger charge is -2.07. The van der Waals surface area contributed by atoms with Crippen molar-refractivity contribution in [3.8, 4) is 0 Å². The lowest BCUT2D eigenvalue weighted by atomic mass is 10.1. The van der Waals surface area contributed by atoms with Crippen molar-refractivity contribution in [1.29, 1.82) is 0 Å². The van der Waals surface area contributed by atoms with Crippen molar-refractivity contribution in [3.05, 3.63) is 35.4 Å². The van der Waals surface area contributed by atoms with E-state index in [0.29, 0.717) is 49.9 Å². The summed E-state index contributed by atoms with van der Waals surface area (Å²) in [5.74, 6) is -0.543. The maximum absolute atomic E-state index is 12.0. The summed E-state index contributed by atoms with van der Waals surface area (Å²) < 4.78 is 29.8. The molecule has 0 saturated carbocycles. The SMILES string of the molecule is O=C(NCCCCO[PH](=O)O)c1ccc(C(=O)NCCCCO[PH](=O)O)cc1. The maximum Gasteiger partial charge on any atom is 0.316 e. The second-order valence-electron chi connectivity index (χ2n) is 5.73. The second-order valence-corrected chi connectivity index (χ2v) is 7.37. The average Bonchev–Trinajstić information content (AvgIpc) is 2.66. The first-order valence-electron chi connectivity index (χ1n) is 8.78. The minimum atomic E-state index is -2.90. The van der Waals surface area contributed by atoms with E-state index in [2.05, 4.69) is 19.7 Å². The third kappa shape index (κ3) is 11.3. The van der Waals surface area contributed by atoms with Gasteiger partial charge in [-0.2, -0.15) is 0 Å². The predicted molar refractivity (Wildman–Crippen MR) is 104 cm³/mol. The normalized spacial score (nSPS) is 12.9. The van der Waals surface area contributed by atoms with Crippen LogP contribution in [0.25, 0.3) is 0 Å². The van der Waals surface area contributed by atoms with Crippen LogP contribution in [0.5, 0.6) is 0 Å². The minimum absolute atomic E-state index is 0.170. The van der Waals surface area contributed by atoms with E-state index in [1.807, 2.05) is 0 Å². The molecule has 1 aromatic carbocycles. The van der Waals surface area contributed by atoms with Crippen molar-refractivity contribution in [3.63, 3.8) is 0 Å². The first-order valence-corrected chi connectivity index (χ1v) is 11.3. The van der Waals surface area contributed by atoms with Crippen molar-refractivity contribution >= 4 is 28.3 Å². The first-order chi connectivity index (χ1) is 13.4. The van der Waals surface area contributed by atoms with E-state index in [0.717, 1.165) is 0 Å². The van der Waals surface area contributed by atoms with Crippen LogP contribution in [0.15, 0.2) is 24.3 Å². The summed E-state index contributed by atoms with van der Waals surface area (Å²) in [5, 5.41) is 5.44. The van der Waals surface area contributed by atoms with Gasteiger partial charge in [-0.15, -0.1) is 0 Å². The fourth-order valence-electron chi connectivity index (χ4n) is 2.15. The summed E-state index contributed by atoms with van der Waals surface area (Å²) in [5.41, 5.74) is 0.842. The molecule has 0 spiro atoms. The van der Waals surface area contributed by atoms with E-state index in [-0.39, 0.29) is 25.0 Å². The van der Waals surface area contributed by atoms with E-state index in [1.165, 1.54) is 0 Å². The van der Waals surface area contributed by atoms with Gasteiger partial charge >= 0.3 is 16.5 Å². The van der Waals surface area contributed by atoms with Crippen LogP contribution in [0, 0.1) is 0 Å². The first kappa shape index (κ1) is 24.5. The summed E-state index contributed by atoms with van der Waals surface area (Å²) in [6.07, 6.45) is 2.34. The van der Waals surface area contributed by atoms with Crippen molar-refractivity contribution in [2.75, 3.05) is 26.3 Å². The quantitative estimate of drug-likeness (QED) is 0.253. The van der Waals surface area contributed by atoms with Gasteiger partial charge in [-0.3, -0.25) is 18.7 Å². The molecule has 2 unspecified atom stereocenters. The Morgan fingerprint density at radius 3 is 1.43 bits per heavy atom.